The summed E-state index contributed by atoms with van der Waals surface area (Å²) in [5, 5.41) is 12.0. The Kier molecular flexibility index (Phi) is 6.54. The number of rotatable bonds is 8. The molecular weight excluding hydrogens is 366 g/mol. The van der Waals surface area contributed by atoms with Crippen LogP contribution in [0.3, 0.4) is 0 Å². The highest BCUT2D eigenvalue weighted by molar-refractivity contribution is 7.99. The Labute approximate surface area is 162 Å². The maximum atomic E-state index is 12.4. The summed E-state index contributed by atoms with van der Waals surface area (Å²) in [4.78, 5) is 23.6. The molecule has 1 fully saturated rings. The number of amides is 2. The van der Waals surface area contributed by atoms with Crippen molar-refractivity contribution in [1.29, 1.82) is 0 Å². The molecule has 8 nitrogen and oxygen atoms in total. The smallest absolute Gasteiger partial charge is 0.230 e. The monoisotopic (exact) mass is 391 g/mol. The quantitative estimate of drug-likeness (QED) is 0.667. The van der Waals surface area contributed by atoms with Gasteiger partial charge in [0.25, 0.3) is 0 Å². The molecule has 2 amide bonds. The summed E-state index contributed by atoms with van der Waals surface area (Å²) in [5.41, 5.74) is 5.28. The van der Waals surface area contributed by atoms with Gasteiger partial charge in [-0.25, -0.2) is 0 Å². The van der Waals surface area contributed by atoms with Crippen LogP contribution in [0.25, 0.3) is 11.6 Å². The average molecular weight is 391 g/mol. The Bertz CT molecular complexity index is 774. The third-order valence-electron chi connectivity index (χ3n) is 4.83. The van der Waals surface area contributed by atoms with E-state index in [2.05, 4.69) is 22.4 Å². The first-order valence-electron chi connectivity index (χ1n) is 9.22. The normalized spacial score (nSPS) is 19.7. The van der Waals surface area contributed by atoms with Crippen LogP contribution in [-0.4, -0.2) is 38.4 Å². The van der Waals surface area contributed by atoms with Gasteiger partial charge in [-0.05, 0) is 30.9 Å². The molecule has 0 aromatic carbocycles. The maximum Gasteiger partial charge on any atom is 0.230 e. The number of carbonyl (C=O) groups is 2. The van der Waals surface area contributed by atoms with Crippen LogP contribution in [0.15, 0.2) is 28.0 Å². The molecule has 2 aromatic rings. The van der Waals surface area contributed by atoms with Gasteiger partial charge in [0.2, 0.25) is 11.8 Å². The molecule has 3 rings (SSSR count). The number of carbonyl (C=O) groups excluding carboxylic acids is 2. The maximum absolute atomic E-state index is 12.4. The summed E-state index contributed by atoms with van der Waals surface area (Å²) in [7, 11) is 0. The molecular formula is C18H25N5O3S. The van der Waals surface area contributed by atoms with Crippen molar-refractivity contribution in [3.05, 3.63) is 18.4 Å². The lowest BCUT2D eigenvalue weighted by Crippen LogP contribution is -2.41. The van der Waals surface area contributed by atoms with E-state index < -0.39 is 5.91 Å². The third-order valence-corrected chi connectivity index (χ3v) is 5.80. The van der Waals surface area contributed by atoms with Crippen molar-refractivity contribution in [3.63, 3.8) is 0 Å². The van der Waals surface area contributed by atoms with Gasteiger partial charge in [-0.1, -0.05) is 31.5 Å². The Morgan fingerprint density at radius 1 is 1.37 bits per heavy atom. The van der Waals surface area contributed by atoms with Crippen molar-refractivity contribution in [3.8, 4) is 11.6 Å². The van der Waals surface area contributed by atoms with E-state index in [-0.39, 0.29) is 24.1 Å². The number of furan rings is 1. The van der Waals surface area contributed by atoms with Gasteiger partial charge in [-0.3, -0.25) is 14.2 Å². The number of aromatic nitrogens is 3. The largest absolute Gasteiger partial charge is 0.461 e. The first kappa shape index (κ1) is 19.5. The van der Waals surface area contributed by atoms with E-state index >= 15 is 0 Å². The number of hydrogen-bond donors (Lipinski definition) is 2. The molecule has 146 valence electrons. The van der Waals surface area contributed by atoms with E-state index in [1.54, 1.807) is 23.0 Å². The molecule has 1 aliphatic carbocycles. The van der Waals surface area contributed by atoms with E-state index in [0.29, 0.717) is 29.2 Å². The Morgan fingerprint density at radius 3 is 2.89 bits per heavy atom. The van der Waals surface area contributed by atoms with Crippen LogP contribution >= 0.6 is 11.8 Å². The Hall–Kier alpha value is -2.29. The van der Waals surface area contributed by atoms with E-state index in [9.17, 15) is 9.59 Å². The molecule has 1 aliphatic rings. The second kappa shape index (κ2) is 9.07. The third kappa shape index (κ3) is 5.12. The average Bonchev–Trinajstić information content (AvgIpc) is 3.29. The molecule has 0 radical (unpaired) electrons. The minimum atomic E-state index is -0.408. The predicted molar refractivity (Wildman–Crippen MR) is 102 cm³/mol. The minimum Gasteiger partial charge on any atom is -0.461 e. The first-order chi connectivity index (χ1) is 13.0. The highest BCUT2D eigenvalue weighted by atomic mass is 32.2. The SMILES string of the molecule is C[C@H]1CCCC[C@H]1NC(=O)CSc1nnc(-c2ccco2)n1CCC(N)=O. The number of thioether (sulfide) groups is 1. The lowest BCUT2D eigenvalue weighted by Gasteiger charge is -2.29. The van der Waals surface area contributed by atoms with Crippen molar-refractivity contribution in [2.75, 3.05) is 5.75 Å². The molecule has 3 N–H and O–H groups in total. The molecule has 2 heterocycles. The van der Waals surface area contributed by atoms with Crippen LogP contribution in [0.1, 0.15) is 39.0 Å². The van der Waals surface area contributed by atoms with Crippen molar-refractivity contribution in [2.45, 2.75) is 56.8 Å². The number of hydrogen-bond acceptors (Lipinski definition) is 6. The van der Waals surface area contributed by atoms with Gasteiger partial charge >= 0.3 is 0 Å². The van der Waals surface area contributed by atoms with E-state index in [1.165, 1.54) is 18.2 Å². The lowest BCUT2D eigenvalue weighted by atomic mass is 9.86. The molecule has 0 unspecified atom stereocenters. The van der Waals surface area contributed by atoms with E-state index in [4.69, 9.17) is 10.2 Å². The molecule has 27 heavy (non-hydrogen) atoms. The molecule has 9 heteroatoms. The van der Waals surface area contributed by atoms with Gasteiger partial charge in [-0.15, -0.1) is 10.2 Å². The van der Waals surface area contributed by atoms with Crippen LogP contribution < -0.4 is 11.1 Å². The molecule has 0 bridgehead atoms. The zero-order valence-electron chi connectivity index (χ0n) is 15.4. The molecule has 2 aromatic heterocycles. The summed E-state index contributed by atoms with van der Waals surface area (Å²) in [5.74, 6) is 1.41. The molecule has 2 atom stereocenters. The molecule has 1 saturated carbocycles. The van der Waals surface area contributed by atoms with Crippen LogP contribution in [-0.2, 0) is 16.1 Å². The zero-order chi connectivity index (χ0) is 19.2. The zero-order valence-corrected chi connectivity index (χ0v) is 16.2. The fourth-order valence-corrected chi connectivity index (χ4v) is 4.09. The van der Waals surface area contributed by atoms with Crippen LogP contribution in [0, 0.1) is 5.92 Å². The van der Waals surface area contributed by atoms with Crippen LogP contribution in [0.5, 0.6) is 0 Å². The topological polar surface area (TPSA) is 116 Å². The summed E-state index contributed by atoms with van der Waals surface area (Å²) in [6.45, 7) is 2.52. The number of nitrogens with zero attached hydrogens (tertiary/aromatic N) is 3. The lowest BCUT2D eigenvalue weighted by molar-refractivity contribution is -0.120. The van der Waals surface area contributed by atoms with Gasteiger partial charge in [0, 0.05) is 19.0 Å². The van der Waals surface area contributed by atoms with E-state index in [1.807, 2.05) is 0 Å². The number of nitrogens with two attached hydrogens (primary N) is 1. The van der Waals surface area contributed by atoms with Gasteiger partial charge in [0.05, 0.1) is 12.0 Å². The van der Waals surface area contributed by atoms with Crippen LogP contribution in [0.2, 0.25) is 0 Å². The second-order valence-electron chi connectivity index (χ2n) is 6.88. The molecule has 0 saturated heterocycles. The van der Waals surface area contributed by atoms with Crippen molar-refractivity contribution in [1.82, 2.24) is 20.1 Å². The fourth-order valence-electron chi connectivity index (χ4n) is 3.32. The second-order valence-corrected chi connectivity index (χ2v) is 7.82. The summed E-state index contributed by atoms with van der Waals surface area (Å²) >= 11 is 1.30. The van der Waals surface area contributed by atoms with Gasteiger partial charge < -0.3 is 15.5 Å². The summed E-state index contributed by atoms with van der Waals surface area (Å²) in [6.07, 6.45) is 6.30. The number of primary amides is 1. The van der Waals surface area contributed by atoms with Gasteiger partial charge in [0.1, 0.15) is 0 Å². The van der Waals surface area contributed by atoms with Crippen molar-refractivity contribution in [2.24, 2.45) is 11.7 Å². The van der Waals surface area contributed by atoms with Gasteiger partial charge in [0.15, 0.2) is 16.7 Å². The molecule has 0 aliphatic heterocycles. The van der Waals surface area contributed by atoms with Crippen LogP contribution in [0.4, 0.5) is 0 Å². The van der Waals surface area contributed by atoms with E-state index in [0.717, 1.165) is 19.3 Å². The standard InChI is InChI=1S/C18H25N5O3S/c1-12-5-2-3-6-13(12)20-16(25)11-27-18-22-21-17(14-7-4-10-26-14)23(18)9-8-15(19)24/h4,7,10,12-13H,2-3,5-6,8-9,11H2,1H3,(H2,19,24)(H,20,25)/t12-,13+/m0/s1. The Balaban J connectivity index is 1.65. The first-order valence-corrected chi connectivity index (χ1v) is 10.2. The van der Waals surface area contributed by atoms with Crippen molar-refractivity contribution < 1.29 is 14.0 Å². The number of nitrogens with one attached hydrogen (secondary N) is 1. The highest BCUT2D eigenvalue weighted by Gasteiger charge is 2.23. The Morgan fingerprint density at radius 2 is 2.19 bits per heavy atom. The van der Waals surface area contributed by atoms with Gasteiger partial charge in [-0.2, -0.15) is 0 Å². The fraction of sp³-hybridized carbons (Fsp3) is 0.556. The van der Waals surface area contributed by atoms with Crippen molar-refractivity contribution >= 4 is 23.6 Å². The summed E-state index contributed by atoms with van der Waals surface area (Å²) < 4.78 is 7.16. The predicted octanol–water partition coefficient (Wildman–Crippen LogP) is 2.20. The molecule has 0 spiro atoms. The summed E-state index contributed by atoms with van der Waals surface area (Å²) in [6, 6.07) is 3.78. The highest BCUT2D eigenvalue weighted by Crippen LogP contribution is 2.26. The minimum absolute atomic E-state index is 0.0113.